The maximum Gasteiger partial charge on any atom is 0.119 e. The van der Waals surface area contributed by atoms with Crippen LogP contribution < -0.4 is 4.74 Å². The summed E-state index contributed by atoms with van der Waals surface area (Å²) in [5, 5.41) is 0. The van der Waals surface area contributed by atoms with Gasteiger partial charge in [0.05, 0.1) is 12.7 Å². The number of methoxy groups -OCH3 is 1. The summed E-state index contributed by atoms with van der Waals surface area (Å²) in [6, 6.07) is 8.16. The molecule has 2 unspecified atom stereocenters. The summed E-state index contributed by atoms with van der Waals surface area (Å²) in [4.78, 5) is 0. The van der Waals surface area contributed by atoms with Crippen LogP contribution >= 0.6 is 0 Å². The maximum atomic E-state index is 5.64. The van der Waals surface area contributed by atoms with Crippen molar-refractivity contribution in [1.29, 1.82) is 0 Å². The van der Waals surface area contributed by atoms with Crippen molar-refractivity contribution in [2.45, 2.75) is 19.4 Å². The molecule has 2 heteroatoms. The first-order valence-electron chi connectivity index (χ1n) is 5.02. The van der Waals surface area contributed by atoms with Crippen LogP contribution in [-0.4, -0.2) is 19.8 Å². The lowest BCUT2D eigenvalue weighted by Crippen LogP contribution is -2.03. The van der Waals surface area contributed by atoms with Crippen molar-refractivity contribution in [1.82, 2.24) is 0 Å². The topological polar surface area (TPSA) is 18.5 Å². The summed E-state index contributed by atoms with van der Waals surface area (Å²) in [6.45, 7) is 2.85. The third kappa shape index (κ3) is 2.26. The third-order valence-corrected chi connectivity index (χ3v) is 2.65. The zero-order valence-corrected chi connectivity index (χ0v) is 8.69. The molecule has 0 aromatic heterocycles. The van der Waals surface area contributed by atoms with Crippen LogP contribution in [0, 0.1) is 12.8 Å². The highest BCUT2D eigenvalue weighted by atomic mass is 16.5. The molecular weight excluding hydrogens is 176 g/mol. The molecule has 1 aromatic carbocycles. The highest BCUT2D eigenvalue weighted by molar-refractivity contribution is 5.26. The van der Waals surface area contributed by atoms with Gasteiger partial charge in [-0.1, -0.05) is 17.7 Å². The first kappa shape index (κ1) is 9.53. The Labute approximate surface area is 84.8 Å². The molecule has 76 valence electrons. The van der Waals surface area contributed by atoms with Gasteiger partial charge in [-0.3, -0.25) is 0 Å². The molecule has 1 aromatic rings. The van der Waals surface area contributed by atoms with Crippen molar-refractivity contribution < 1.29 is 9.47 Å². The normalized spacial score (nSPS) is 24.7. The van der Waals surface area contributed by atoms with Crippen molar-refractivity contribution in [3.63, 3.8) is 0 Å². The Bertz CT molecular complexity index is 292. The zero-order valence-electron chi connectivity index (χ0n) is 8.69. The van der Waals surface area contributed by atoms with Gasteiger partial charge < -0.3 is 9.47 Å². The molecule has 1 saturated carbocycles. The number of ether oxygens (including phenoxy) is 2. The molecular formula is C12H16O2. The Hall–Kier alpha value is -1.02. The van der Waals surface area contributed by atoms with Gasteiger partial charge in [0.2, 0.25) is 0 Å². The SMILES string of the molecule is COC1CC1COc1ccc(C)cc1. The maximum absolute atomic E-state index is 5.64. The van der Waals surface area contributed by atoms with Gasteiger partial charge in [0.1, 0.15) is 5.75 Å². The predicted molar refractivity (Wildman–Crippen MR) is 55.6 cm³/mol. The van der Waals surface area contributed by atoms with Crippen LogP contribution in [0.1, 0.15) is 12.0 Å². The fourth-order valence-electron chi connectivity index (χ4n) is 1.52. The number of aryl methyl sites for hydroxylation is 1. The largest absolute Gasteiger partial charge is 0.493 e. The van der Waals surface area contributed by atoms with Crippen LogP contribution in [0.3, 0.4) is 0 Å². The minimum atomic E-state index is 0.431. The predicted octanol–water partition coefficient (Wildman–Crippen LogP) is 2.41. The highest BCUT2D eigenvalue weighted by Crippen LogP contribution is 2.33. The van der Waals surface area contributed by atoms with E-state index in [9.17, 15) is 0 Å². The Morgan fingerprint density at radius 3 is 2.57 bits per heavy atom. The number of hydrogen-bond acceptors (Lipinski definition) is 2. The molecule has 1 aliphatic carbocycles. The molecule has 1 fully saturated rings. The van der Waals surface area contributed by atoms with Crippen LogP contribution in [0.25, 0.3) is 0 Å². The molecule has 0 spiro atoms. The average Bonchev–Trinajstić information content (AvgIpc) is 2.96. The van der Waals surface area contributed by atoms with E-state index in [1.807, 2.05) is 12.1 Å². The van der Waals surface area contributed by atoms with E-state index in [4.69, 9.17) is 9.47 Å². The van der Waals surface area contributed by atoms with Gasteiger partial charge in [-0.2, -0.15) is 0 Å². The Kier molecular flexibility index (Phi) is 2.73. The summed E-state index contributed by atoms with van der Waals surface area (Å²) < 4.78 is 10.8. The van der Waals surface area contributed by atoms with Crippen LogP contribution in [0.2, 0.25) is 0 Å². The molecule has 0 N–H and O–H groups in total. The average molecular weight is 192 g/mol. The minimum absolute atomic E-state index is 0.431. The molecule has 0 heterocycles. The first-order chi connectivity index (χ1) is 6.79. The second-order valence-electron chi connectivity index (χ2n) is 3.89. The lowest BCUT2D eigenvalue weighted by atomic mass is 10.2. The van der Waals surface area contributed by atoms with Gasteiger partial charge in [0, 0.05) is 13.0 Å². The Balaban J connectivity index is 1.78. The van der Waals surface area contributed by atoms with E-state index in [1.54, 1.807) is 7.11 Å². The summed E-state index contributed by atoms with van der Waals surface area (Å²) in [5.41, 5.74) is 1.26. The van der Waals surface area contributed by atoms with Crippen LogP contribution in [-0.2, 0) is 4.74 Å². The van der Waals surface area contributed by atoms with Gasteiger partial charge in [0.25, 0.3) is 0 Å². The molecule has 0 bridgehead atoms. The molecule has 0 saturated heterocycles. The molecule has 0 amide bonds. The van der Waals surface area contributed by atoms with Crippen molar-refractivity contribution in [3.05, 3.63) is 29.8 Å². The third-order valence-electron chi connectivity index (χ3n) is 2.65. The molecule has 2 atom stereocenters. The second kappa shape index (κ2) is 4.01. The van der Waals surface area contributed by atoms with Crippen molar-refractivity contribution in [2.24, 2.45) is 5.92 Å². The van der Waals surface area contributed by atoms with Crippen molar-refractivity contribution in [2.75, 3.05) is 13.7 Å². The quantitative estimate of drug-likeness (QED) is 0.729. The van der Waals surface area contributed by atoms with E-state index in [2.05, 4.69) is 19.1 Å². The number of benzene rings is 1. The van der Waals surface area contributed by atoms with E-state index >= 15 is 0 Å². The molecule has 0 aliphatic heterocycles. The minimum Gasteiger partial charge on any atom is -0.493 e. The van der Waals surface area contributed by atoms with Crippen molar-refractivity contribution in [3.8, 4) is 5.75 Å². The molecule has 2 rings (SSSR count). The van der Waals surface area contributed by atoms with E-state index in [0.717, 1.165) is 18.8 Å². The van der Waals surface area contributed by atoms with E-state index < -0.39 is 0 Å². The van der Waals surface area contributed by atoms with Gasteiger partial charge in [-0.25, -0.2) is 0 Å². The Morgan fingerprint density at radius 1 is 1.29 bits per heavy atom. The second-order valence-corrected chi connectivity index (χ2v) is 3.89. The van der Waals surface area contributed by atoms with Crippen LogP contribution in [0.4, 0.5) is 0 Å². The summed E-state index contributed by atoms with van der Waals surface area (Å²) in [7, 11) is 1.76. The number of hydrogen-bond donors (Lipinski definition) is 0. The lowest BCUT2D eigenvalue weighted by molar-refractivity contribution is 0.155. The van der Waals surface area contributed by atoms with Crippen LogP contribution in [0.15, 0.2) is 24.3 Å². The molecule has 0 radical (unpaired) electrons. The smallest absolute Gasteiger partial charge is 0.119 e. The molecule has 2 nitrogen and oxygen atoms in total. The Morgan fingerprint density at radius 2 is 2.00 bits per heavy atom. The number of rotatable bonds is 4. The summed E-state index contributed by atoms with van der Waals surface area (Å²) >= 11 is 0. The van der Waals surface area contributed by atoms with Crippen molar-refractivity contribution >= 4 is 0 Å². The van der Waals surface area contributed by atoms with Gasteiger partial charge in [0.15, 0.2) is 0 Å². The fraction of sp³-hybridized carbons (Fsp3) is 0.500. The summed E-state index contributed by atoms with van der Waals surface area (Å²) in [5.74, 6) is 1.55. The van der Waals surface area contributed by atoms with E-state index in [1.165, 1.54) is 5.56 Å². The first-order valence-corrected chi connectivity index (χ1v) is 5.02. The van der Waals surface area contributed by atoms with Gasteiger partial charge in [-0.05, 0) is 25.5 Å². The zero-order chi connectivity index (χ0) is 9.97. The van der Waals surface area contributed by atoms with E-state index in [0.29, 0.717) is 12.0 Å². The lowest BCUT2D eigenvalue weighted by Gasteiger charge is -2.05. The van der Waals surface area contributed by atoms with E-state index in [-0.39, 0.29) is 0 Å². The highest BCUT2D eigenvalue weighted by Gasteiger charge is 2.37. The van der Waals surface area contributed by atoms with Gasteiger partial charge in [-0.15, -0.1) is 0 Å². The standard InChI is InChI=1S/C12H16O2/c1-9-3-5-11(6-4-9)14-8-10-7-12(10)13-2/h3-6,10,12H,7-8H2,1-2H3. The fourth-order valence-corrected chi connectivity index (χ4v) is 1.52. The molecule has 14 heavy (non-hydrogen) atoms. The van der Waals surface area contributed by atoms with Crippen LogP contribution in [0.5, 0.6) is 5.75 Å². The monoisotopic (exact) mass is 192 g/mol. The summed E-state index contributed by atoms with van der Waals surface area (Å²) in [6.07, 6.45) is 1.57. The molecule has 1 aliphatic rings. The van der Waals surface area contributed by atoms with Gasteiger partial charge >= 0.3 is 0 Å².